The van der Waals surface area contributed by atoms with Crippen molar-refractivity contribution in [1.82, 2.24) is 4.90 Å². The van der Waals surface area contributed by atoms with Gasteiger partial charge in [0.25, 0.3) is 10.0 Å². The smallest absolute Gasteiger partial charge is 0.278 e. The molecule has 33 heavy (non-hydrogen) atoms. The molecule has 2 aromatic carbocycles. The van der Waals surface area contributed by atoms with Crippen LogP contribution in [0.3, 0.4) is 0 Å². The summed E-state index contributed by atoms with van der Waals surface area (Å²) in [5, 5.41) is 0. The van der Waals surface area contributed by atoms with Gasteiger partial charge in [-0.25, -0.2) is 8.42 Å². The highest BCUT2D eigenvalue weighted by Crippen LogP contribution is 2.38. The summed E-state index contributed by atoms with van der Waals surface area (Å²) in [6.07, 6.45) is 0.987. The Kier molecular flexibility index (Phi) is 7.52. The molecule has 1 N–H and O–H groups in total. The van der Waals surface area contributed by atoms with E-state index in [0.29, 0.717) is 9.57 Å². The van der Waals surface area contributed by atoms with E-state index in [2.05, 4.69) is 14.5 Å². The summed E-state index contributed by atoms with van der Waals surface area (Å²) < 4.78 is 63.7. The van der Waals surface area contributed by atoms with Gasteiger partial charge >= 0.3 is 0 Å². The zero-order valence-electron chi connectivity index (χ0n) is 18.8. The maximum absolute atomic E-state index is 13.2. The first-order valence-corrected chi connectivity index (χ1v) is 13.6. The van der Waals surface area contributed by atoms with Crippen LogP contribution in [0.25, 0.3) is 0 Å². The molecule has 0 amide bonds. The maximum Gasteiger partial charge on any atom is 0.278 e. The van der Waals surface area contributed by atoms with Crippen LogP contribution in [0.15, 0.2) is 41.3 Å². The molecule has 0 saturated carbocycles. The van der Waals surface area contributed by atoms with Crippen molar-refractivity contribution >= 4 is 48.9 Å². The van der Waals surface area contributed by atoms with E-state index in [-0.39, 0.29) is 22.0 Å². The number of nitrogens with zero attached hydrogens (tertiary/aromatic N) is 3. The molecule has 0 spiro atoms. The molecule has 3 rings (SSSR count). The molecule has 0 bridgehead atoms. The van der Waals surface area contributed by atoms with Crippen LogP contribution in [-0.4, -0.2) is 75.4 Å². The molecule has 0 unspecified atom stereocenters. The van der Waals surface area contributed by atoms with E-state index in [0.717, 1.165) is 38.1 Å². The molecular formula is C20H27ClN4O6S2. The lowest BCUT2D eigenvalue weighted by atomic mass is 10.2. The minimum Gasteiger partial charge on any atom is -0.493 e. The number of hydrogen-bond acceptors (Lipinski definition) is 8. The second-order valence-corrected chi connectivity index (χ2v) is 11.7. The zero-order valence-corrected chi connectivity index (χ0v) is 21.2. The monoisotopic (exact) mass is 518 g/mol. The number of rotatable bonds is 8. The summed E-state index contributed by atoms with van der Waals surface area (Å²) in [6.45, 7) is 3.21. The zero-order chi connectivity index (χ0) is 24.4. The lowest BCUT2D eigenvalue weighted by Crippen LogP contribution is -2.44. The SMILES string of the molecule is COc1ccc(S(=O)(=O)N(Cl)c2ccc(N3CCN(C)CC3)cc2NS(C)(=O)=O)cc1OC. The van der Waals surface area contributed by atoms with Gasteiger partial charge in [-0.3, -0.25) is 4.72 Å². The predicted octanol–water partition coefficient (Wildman–Crippen LogP) is 2.18. The number of sulfonamides is 2. The highest BCUT2D eigenvalue weighted by atomic mass is 35.5. The third-order valence-corrected chi connectivity index (χ3v) is 7.98. The first kappa shape index (κ1) is 25.2. The topological polar surface area (TPSA) is 108 Å². The van der Waals surface area contributed by atoms with E-state index in [1.165, 1.54) is 38.5 Å². The van der Waals surface area contributed by atoms with Crippen molar-refractivity contribution < 1.29 is 26.3 Å². The van der Waals surface area contributed by atoms with Gasteiger partial charge in [0.05, 0.1) is 36.7 Å². The number of benzene rings is 2. The van der Waals surface area contributed by atoms with Crippen LogP contribution in [0.1, 0.15) is 0 Å². The number of ether oxygens (including phenoxy) is 2. The molecule has 0 aromatic heterocycles. The van der Waals surface area contributed by atoms with Gasteiger partial charge in [-0.05, 0) is 37.4 Å². The summed E-state index contributed by atoms with van der Waals surface area (Å²) in [6, 6.07) is 8.84. The first-order chi connectivity index (χ1) is 15.5. The molecule has 1 fully saturated rings. The second kappa shape index (κ2) is 9.84. The Balaban J connectivity index is 2.02. The number of piperazine rings is 1. The molecule has 1 aliphatic heterocycles. The molecule has 0 aliphatic carbocycles. The van der Waals surface area contributed by atoms with E-state index in [1.54, 1.807) is 12.1 Å². The summed E-state index contributed by atoms with van der Waals surface area (Å²) >= 11 is 6.31. The van der Waals surface area contributed by atoms with Gasteiger partial charge in [0.15, 0.2) is 11.5 Å². The van der Waals surface area contributed by atoms with E-state index < -0.39 is 20.0 Å². The van der Waals surface area contributed by atoms with E-state index in [1.807, 2.05) is 7.05 Å². The van der Waals surface area contributed by atoms with Crippen LogP contribution in [-0.2, 0) is 20.0 Å². The van der Waals surface area contributed by atoms with Gasteiger partial charge < -0.3 is 19.3 Å². The fourth-order valence-electron chi connectivity index (χ4n) is 3.42. The molecule has 13 heteroatoms. The average Bonchev–Trinajstić information content (AvgIpc) is 2.77. The Morgan fingerprint density at radius 2 is 1.58 bits per heavy atom. The minimum absolute atomic E-state index is 0.0326. The van der Waals surface area contributed by atoms with Crippen molar-refractivity contribution in [2.24, 2.45) is 0 Å². The summed E-state index contributed by atoms with van der Waals surface area (Å²) in [5.74, 6) is 0.567. The largest absolute Gasteiger partial charge is 0.493 e. The van der Waals surface area contributed by atoms with Gasteiger partial charge in [-0.2, -0.15) is 12.2 Å². The van der Waals surface area contributed by atoms with Crippen LogP contribution in [0.4, 0.5) is 17.1 Å². The number of nitrogens with one attached hydrogen (secondary N) is 1. The van der Waals surface area contributed by atoms with Crippen molar-refractivity contribution in [2.45, 2.75) is 4.90 Å². The Morgan fingerprint density at radius 3 is 2.15 bits per heavy atom. The summed E-state index contributed by atoms with van der Waals surface area (Å²) in [5.41, 5.74) is 0.773. The Labute approximate surface area is 199 Å². The molecule has 1 saturated heterocycles. The number of methoxy groups -OCH3 is 2. The van der Waals surface area contributed by atoms with Gasteiger partial charge in [-0.1, -0.05) is 0 Å². The van der Waals surface area contributed by atoms with Gasteiger partial charge in [-0.15, -0.1) is 0 Å². The third kappa shape index (κ3) is 5.75. The van der Waals surface area contributed by atoms with Crippen LogP contribution < -0.4 is 22.9 Å². The first-order valence-electron chi connectivity index (χ1n) is 9.94. The number of hydrogen-bond donors (Lipinski definition) is 1. The minimum atomic E-state index is -4.26. The number of halogens is 1. The molecule has 1 heterocycles. The van der Waals surface area contributed by atoms with Crippen molar-refractivity contribution in [2.75, 3.05) is 67.1 Å². The number of anilines is 3. The predicted molar refractivity (Wildman–Crippen MR) is 130 cm³/mol. The molecular weight excluding hydrogens is 492 g/mol. The lowest BCUT2D eigenvalue weighted by Gasteiger charge is -2.34. The van der Waals surface area contributed by atoms with E-state index in [9.17, 15) is 16.8 Å². The van der Waals surface area contributed by atoms with Crippen molar-refractivity contribution in [3.05, 3.63) is 36.4 Å². The summed E-state index contributed by atoms with van der Waals surface area (Å²) in [4.78, 5) is 4.14. The molecule has 1 aliphatic rings. The lowest BCUT2D eigenvalue weighted by molar-refractivity contribution is 0.313. The van der Waals surface area contributed by atoms with Crippen molar-refractivity contribution in [3.8, 4) is 11.5 Å². The molecule has 0 atom stereocenters. The Morgan fingerprint density at radius 1 is 0.939 bits per heavy atom. The van der Waals surface area contributed by atoms with Crippen LogP contribution >= 0.6 is 11.8 Å². The van der Waals surface area contributed by atoms with Crippen LogP contribution in [0, 0.1) is 0 Å². The van der Waals surface area contributed by atoms with E-state index in [4.69, 9.17) is 21.3 Å². The van der Waals surface area contributed by atoms with Crippen LogP contribution in [0.5, 0.6) is 11.5 Å². The van der Waals surface area contributed by atoms with Crippen LogP contribution in [0.2, 0.25) is 0 Å². The standard InChI is InChI=1S/C20H27ClN4O6S2/c1-23-9-11-24(12-10-23)15-5-7-18(17(13-15)22-32(4,26)27)25(21)33(28,29)16-6-8-19(30-2)20(14-16)31-3/h5-8,13-14,22H,9-12H2,1-4H3. The number of likely N-dealkylation sites (N-methyl/N-ethyl adjacent to an activating group) is 1. The molecule has 2 aromatic rings. The average molecular weight is 519 g/mol. The highest BCUT2D eigenvalue weighted by molar-refractivity contribution is 7.94. The second-order valence-electron chi connectivity index (χ2n) is 7.60. The Hall–Kier alpha value is -2.41. The molecule has 10 nitrogen and oxygen atoms in total. The van der Waals surface area contributed by atoms with Gasteiger partial charge in [0.1, 0.15) is 0 Å². The summed E-state index contributed by atoms with van der Waals surface area (Å²) in [7, 11) is -3.13. The third-order valence-electron chi connectivity index (χ3n) is 5.20. The fourth-order valence-corrected chi connectivity index (χ4v) is 5.47. The fraction of sp³-hybridized carbons (Fsp3) is 0.400. The van der Waals surface area contributed by atoms with Crippen molar-refractivity contribution in [3.63, 3.8) is 0 Å². The quantitative estimate of drug-likeness (QED) is 0.530. The molecule has 0 radical (unpaired) electrons. The van der Waals surface area contributed by atoms with Gasteiger partial charge in [0, 0.05) is 49.7 Å². The highest BCUT2D eigenvalue weighted by Gasteiger charge is 2.28. The Bertz CT molecular complexity index is 1220. The van der Waals surface area contributed by atoms with Gasteiger partial charge in [0.2, 0.25) is 10.0 Å². The van der Waals surface area contributed by atoms with E-state index >= 15 is 0 Å². The molecule has 182 valence electrons. The normalized spacial score (nSPS) is 15.2. The van der Waals surface area contributed by atoms with Crippen molar-refractivity contribution in [1.29, 1.82) is 0 Å². The maximum atomic E-state index is 13.2.